The van der Waals surface area contributed by atoms with Crippen LogP contribution in [0.25, 0.3) is 0 Å². The van der Waals surface area contributed by atoms with E-state index in [2.05, 4.69) is 6.07 Å². The minimum atomic E-state index is -3.61. The van der Waals surface area contributed by atoms with Gasteiger partial charge in [-0.25, -0.2) is 8.42 Å². The van der Waals surface area contributed by atoms with Crippen LogP contribution in [0.4, 0.5) is 0 Å². The van der Waals surface area contributed by atoms with Crippen LogP contribution in [0.3, 0.4) is 0 Å². The van der Waals surface area contributed by atoms with E-state index in [-0.39, 0.29) is 4.90 Å². The van der Waals surface area contributed by atoms with Crippen LogP contribution in [0.5, 0.6) is 0 Å². The Morgan fingerprint density at radius 1 is 1.11 bits per heavy atom. The number of hydrogen-bond donors (Lipinski definition) is 0. The van der Waals surface area contributed by atoms with E-state index in [9.17, 15) is 13.7 Å². The summed E-state index contributed by atoms with van der Waals surface area (Å²) in [6.45, 7) is 5.73. The SMILES string of the molecule is CCCC(C#N)(CCC)S(=O)(=O)c1ccc(C)cc1. The molecule has 0 atom stereocenters. The molecule has 1 rings (SSSR count). The van der Waals surface area contributed by atoms with Gasteiger partial charge in [0.2, 0.25) is 0 Å². The Balaban J connectivity index is 3.35. The first-order valence-electron chi connectivity index (χ1n) is 6.66. The molecule has 0 aliphatic heterocycles. The predicted octanol–water partition coefficient (Wildman–Crippen LogP) is 3.63. The van der Waals surface area contributed by atoms with Gasteiger partial charge in [0.15, 0.2) is 14.6 Å². The van der Waals surface area contributed by atoms with Crippen molar-refractivity contribution >= 4 is 9.84 Å². The smallest absolute Gasteiger partial charge is 0.197 e. The van der Waals surface area contributed by atoms with Crippen molar-refractivity contribution in [3.8, 4) is 6.07 Å². The van der Waals surface area contributed by atoms with Crippen molar-refractivity contribution in [2.75, 3.05) is 0 Å². The molecule has 0 N–H and O–H groups in total. The molecule has 0 bridgehead atoms. The van der Waals surface area contributed by atoms with Gasteiger partial charge in [0.1, 0.15) is 0 Å². The monoisotopic (exact) mass is 279 g/mol. The van der Waals surface area contributed by atoms with E-state index >= 15 is 0 Å². The van der Waals surface area contributed by atoms with Gasteiger partial charge in [-0.15, -0.1) is 0 Å². The molecule has 19 heavy (non-hydrogen) atoms. The molecule has 0 saturated carbocycles. The van der Waals surface area contributed by atoms with Gasteiger partial charge in [-0.3, -0.25) is 0 Å². The molecular weight excluding hydrogens is 258 g/mol. The van der Waals surface area contributed by atoms with Crippen LogP contribution in [0.1, 0.15) is 45.1 Å². The van der Waals surface area contributed by atoms with Gasteiger partial charge >= 0.3 is 0 Å². The number of sulfone groups is 1. The maximum atomic E-state index is 12.8. The molecule has 0 aliphatic rings. The van der Waals surface area contributed by atoms with Crippen LogP contribution in [0, 0.1) is 18.3 Å². The van der Waals surface area contributed by atoms with Gasteiger partial charge in [0.25, 0.3) is 0 Å². The molecule has 3 nitrogen and oxygen atoms in total. The minimum absolute atomic E-state index is 0.251. The Bertz CT molecular complexity index is 547. The third-order valence-electron chi connectivity index (χ3n) is 3.36. The van der Waals surface area contributed by atoms with Crippen LogP contribution in [-0.2, 0) is 9.84 Å². The minimum Gasteiger partial charge on any atom is -0.222 e. The number of nitriles is 1. The Kier molecular flexibility index (Phi) is 5.13. The second-order valence-corrected chi connectivity index (χ2v) is 7.18. The molecule has 104 valence electrons. The third kappa shape index (κ3) is 2.98. The molecule has 0 fully saturated rings. The van der Waals surface area contributed by atoms with Gasteiger partial charge in [-0.05, 0) is 31.9 Å². The van der Waals surface area contributed by atoms with E-state index in [4.69, 9.17) is 0 Å². The van der Waals surface area contributed by atoms with Crippen LogP contribution >= 0.6 is 0 Å². The highest BCUT2D eigenvalue weighted by Crippen LogP contribution is 2.34. The lowest BCUT2D eigenvalue weighted by Crippen LogP contribution is -2.37. The summed E-state index contributed by atoms with van der Waals surface area (Å²) in [5.41, 5.74) is 1.01. The Hall–Kier alpha value is -1.34. The highest BCUT2D eigenvalue weighted by atomic mass is 32.2. The first-order chi connectivity index (χ1) is 8.93. The van der Waals surface area contributed by atoms with E-state index in [0.717, 1.165) is 5.56 Å². The number of aryl methyl sites for hydroxylation is 1. The summed E-state index contributed by atoms with van der Waals surface area (Å²) >= 11 is 0. The summed E-state index contributed by atoms with van der Waals surface area (Å²) < 4.78 is 24.2. The summed E-state index contributed by atoms with van der Waals surface area (Å²) in [5, 5.41) is 9.46. The Morgan fingerprint density at radius 2 is 1.58 bits per heavy atom. The van der Waals surface area contributed by atoms with Crippen LogP contribution in [-0.4, -0.2) is 13.2 Å². The first kappa shape index (κ1) is 15.7. The lowest BCUT2D eigenvalue weighted by atomic mass is 9.99. The van der Waals surface area contributed by atoms with Gasteiger partial charge in [-0.1, -0.05) is 44.4 Å². The zero-order chi connectivity index (χ0) is 14.5. The lowest BCUT2D eigenvalue weighted by molar-refractivity contribution is 0.509. The highest BCUT2D eigenvalue weighted by Gasteiger charge is 2.43. The van der Waals surface area contributed by atoms with Crippen molar-refractivity contribution in [1.82, 2.24) is 0 Å². The van der Waals surface area contributed by atoms with Crippen molar-refractivity contribution in [1.29, 1.82) is 5.26 Å². The Morgan fingerprint density at radius 3 is 1.95 bits per heavy atom. The molecule has 0 spiro atoms. The van der Waals surface area contributed by atoms with Crippen molar-refractivity contribution in [3.63, 3.8) is 0 Å². The van der Waals surface area contributed by atoms with Crippen LogP contribution in [0.15, 0.2) is 29.2 Å². The average molecular weight is 279 g/mol. The molecule has 4 heteroatoms. The zero-order valence-corrected chi connectivity index (χ0v) is 12.6. The van der Waals surface area contributed by atoms with E-state index in [0.29, 0.717) is 25.7 Å². The van der Waals surface area contributed by atoms with E-state index in [1.165, 1.54) is 0 Å². The van der Waals surface area contributed by atoms with Gasteiger partial charge in [-0.2, -0.15) is 5.26 Å². The second-order valence-electron chi connectivity index (χ2n) is 4.92. The average Bonchev–Trinajstić information content (AvgIpc) is 2.38. The van der Waals surface area contributed by atoms with E-state index < -0.39 is 14.6 Å². The summed E-state index contributed by atoms with van der Waals surface area (Å²) in [6.07, 6.45) is 2.12. The molecule has 1 aromatic carbocycles. The zero-order valence-electron chi connectivity index (χ0n) is 11.8. The van der Waals surface area contributed by atoms with Crippen molar-refractivity contribution in [2.24, 2.45) is 0 Å². The molecule has 0 aliphatic carbocycles. The van der Waals surface area contributed by atoms with Crippen LogP contribution < -0.4 is 0 Å². The summed E-state index contributed by atoms with van der Waals surface area (Å²) in [4.78, 5) is 0.251. The number of nitrogens with zero attached hydrogens (tertiary/aromatic N) is 1. The Labute approximate surface area is 116 Å². The van der Waals surface area contributed by atoms with E-state index in [1.54, 1.807) is 24.3 Å². The fourth-order valence-electron chi connectivity index (χ4n) is 2.32. The van der Waals surface area contributed by atoms with Gasteiger partial charge in [0.05, 0.1) is 11.0 Å². The highest BCUT2D eigenvalue weighted by molar-refractivity contribution is 7.93. The van der Waals surface area contributed by atoms with Crippen molar-refractivity contribution in [3.05, 3.63) is 29.8 Å². The van der Waals surface area contributed by atoms with Crippen molar-refractivity contribution < 1.29 is 8.42 Å². The summed E-state index contributed by atoms with van der Waals surface area (Å²) in [7, 11) is -3.61. The molecule has 1 aromatic rings. The topological polar surface area (TPSA) is 57.9 Å². The second kappa shape index (κ2) is 6.21. The van der Waals surface area contributed by atoms with Gasteiger partial charge in [0, 0.05) is 0 Å². The maximum absolute atomic E-state index is 12.8. The molecular formula is C15H21NO2S. The number of hydrogen-bond acceptors (Lipinski definition) is 3. The summed E-state index contributed by atoms with van der Waals surface area (Å²) in [6, 6.07) is 8.82. The molecule has 0 radical (unpaired) electrons. The molecule has 0 amide bonds. The molecule has 0 saturated heterocycles. The fourth-order valence-corrected chi connectivity index (χ4v) is 4.33. The van der Waals surface area contributed by atoms with Crippen molar-refractivity contribution in [2.45, 2.75) is 56.1 Å². The fraction of sp³-hybridized carbons (Fsp3) is 0.533. The maximum Gasteiger partial charge on any atom is 0.197 e. The van der Waals surface area contributed by atoms with Gasteiger partial charge < -0.3 is 0 Å². The largest absolute Gasteiger partial charge is 0.222 e. The standard InChI is InChI=1S/C15H21NO2S/c1-4-10-15(12-16,11-5-2)19(17,18)14-8-6-13(3)7-9-14/h6-9H,4-5,10-11H2,1-3H3. The normalized spacial score (nSPS) is 12.1. The quantitative estimate of drug-likeness (QED) is 0.799. The lowest BCUT2D eigenvalue weighted by Gasteiger charge is -2.25. The van der Waals surface area contributed by atoms with E-state index in [1.807, 2.05) is 20.8 Å². The molecule has 0 aromatic heterocycles. The first-order valence-corrected chi connectivity index (χ1v) is 8.14. The molecule has 0 heterocycles. The summed E-state index contributed by atoms with van der Waals surface area (Å²) in [5.74, 6) is 0. The number of benzene rings is 1. The predicted molar refractivity (Wildman–Crippen MR) is 76.5 cm³/mol. The molecule has 0 unspecified atom stereocenters. The number of rotatable bonds is 6. The van der Waals surface area contributed by atoms with Crippen LogP contribution in [0.2, 0.25) is 0 Å². The third-order valence-corrected chi connectivity index (χ3v) is 5.78.